The summed E-state index contributed by atoms with van der Waals surface area (Å²) in [5.74, 6) is 1.69. The van der Waals surface area contributed by atoms with Crippen LogP contribution < -0.4 is 9.47 Å². The number of hydrogen-bond donors (Lipinski definition) is 0. The number of amides is 1. The summed E-state index contributed by atoms with van der Waals surface area (Å²) >= 11 is 0. The number of carbonyl (C=O) groups is 1. The minimum Gasteiger partial charge on any atom is -0.490 e. The molecule has 0 saturated carbocycles. The zero-order chi connectivity index (χ0) is 27.0. The van der Waals surface area contributed by atoms with E-state index in [-0.39, 0.29) is 17.6 Å². The zero-order valence-corrected chi connectivity index (χ0v) is 23.2. The molecule has 2 saturated heterocycles. The van der Waals surface area contributed by atoms with Crippen LogP contribution in [-0.4, -0.2) is 85.8 Å². The number of hydrogen-bond acceptors (Lipinski definition) is 6. The van der Waals surface area contributed by atoms with Gasteiger partial charge in [-0.15, -0.1) is 0 Å². The largest absolute Gasteiger partial charge is 0.490 e. The Morgan fingerprint density at radius 3 is 2.62 bits per heavy atom. The number of halogens is 1. The molecule has 3 aliphatic rings. The summed E-state index contributed by atoms with van der Waals surface area (Å²) in [4.78, 5) is 20.7. The lowest BCUT2D eigenvalue weighted by Gasteiger charge is -2.36. The number of benzene rings is 2. The van der Waals surface area contributed by atoms with E-state index in [2.05, 4.69) is 20.8 Å². The molecule has 0 aliphatic carbocycles. The third-order valence-electron chi connectivity index (χ3n) is 8.21. The lowest BCUT2D eigenvalue weighted by molar-refractivity contribution is -0.138. The second-order valence-electron chi connectivity index (χ2n) is 10.9. The standard InChI is InChI=1S/C31H42FN3O4/c1-2-38-29-7-3-5-26-22-34-14-4-6-28(34)23-35(17-18-37-19-20-39-30(26)29)31(36)25-12-15-33(16-13-25)21-24-8-10-27(32)11-9-24/h3,5,7-11,25,28H,2,4,6,12-23H2,1H3/t28-/m0/s1. The molecule has 0 spiro atoms. The average Bonchev–Trinajstić information content (AvgIpc) is 3.38. The summed E-state index contributed by atoms with van der Waals surface area (Å²) < 4.78 is 31.2. The Morgan fingerprint density at radius 1 is 1.00 bits per heavy atom. The minimum atomic E-state index is -0.207. The number of rotatable bonds is 5. The number of fused-ring (bicyclic) bond motifs is 2. The Morgan fingerprint density at radius 2 is 1.82 bits per heavy atom. The van der Waals surface area contributed by atoms with E-state index in [1.807, 2.05) is 31.2 Å². The number of likely N-dealkylation sites (tertiary alicyclic amines) is 1. The molecule has 0 radical (unpaired) electrons. The van der Waals surface area contributed by atoms with Crippen molar-refractivity contribution in [1.29, 1.82) is 0 Å². The molecule has 1 amide bonds. The zero-order valence-electron chi connectivity index (χ0n) is 23.2. The Bertz CT molecular complexity index is 1070. The third-order valence-corrected chi connectivity index (χ3v) is 8.21. The van der Waals surface area contributed by atoms with Crippen LogP contribution >= 0.6 is 0 Å². The van der Waals surface area contributed by atoms with Gasteiger partial charge in [-0.25, -0.2) is 4.39 Å². The topological polar surface area (TPSA) is 54.5 Å². The van der Waals surface area contributed by atoms with E-state index >= 15 is 0 Å². The molecule has 2 aromatic rings. The quantitative estimate of drug-likeness (QED) is 0.564. The summed E-state index contributed by atoms with van der Waals surface area (Å²) in [6, 6.07) is 13.2. The molecular formula is C31H42FN3O4. The molecule has 3 aliphatic heterocycles. The molecule has 5 rings (SSSR count). The number of carbonyl (C=O) groups excluding carboxylic acids is 1. The first-order chi connectivity index (χ1) is 19.1. The van der Waals surface area contributed by atoms with E-state index < -0.39 is 0 Å². The van der Waals surface area contributed by atoms with Gasteiger partial charge in [-0.2, -0.15) is 0 Å². The van der Waals surface area contributed by atoms with Crippen molar-refractivity contribution < 1.29 is 23.4 Å². The van der Waals surface area contributed by atoms with E-state index in [1.165, 1.54) is 12.1 Å². The summed E-state index contributed by atoms with van der Waals surface area (Å²) in [6.07, 6.45) is 3.93. The van der Waals surface area contributed by atoms with Crippen molar-refractivity contribution in [2.75, 3.05) is 59.2 Å². The fourth-order valence-corrected chi connectivity index (χ4v) is 6.12. The number of piperidine rings is 1. The number of para-hydroxylation sites is 1. The monoisotopic (exact) mass is 539 g/mol. The fraction of sp³-hybridized carbons (Fsp3) is 0.581. The van der Waals surface area contributed by atoms with Crippen LogP contribution in [0.1, 0.15) is 43.7 Å². The summed E-state index contributed by atoms with van der Waals surface area (Å²) in [7, 11) is 0. The van der Waals surface area contributed by atoms with Gasteiger partial charge in [-0.1, -0.05) is 24.3 Å². The molecule has 212 valence electrons. The van der Waals surface area contributed by atoms with Gasteiger partial charge in [0, 0.05) is 43.7 Å². The van der Waals surface area contributed by atoms with Gasteiger partial charge in [0.15, 0.2) is 11.5 Å². The maximum absolute atomic E-state index is 13.8. The van der Waals surface area contributed by atoms with Crippen molar-refractivity contribution in [3.63, 3.8) is 0 Å². The minimum absolute atomic E-state index is 0.0396. The lowest BCUT2D eigenvalue weighted by Crippen LogP contribution is -2.48. The lowest BCUT2D eigenvalue weighted by atomic mass is 9.94. The highest BCUT2D eigenvalue weighted by atomic mass is 19.1. The van der Waals surface area contributed by atoms with E-state index in [1.54, 1.807) is 0 Å². The molecule has 1 atom stereocenters. The average molecular weight is 540 g/mol. The van der Waals surface area contributed by atoms with Crippen molar-refractivity contribution in [3.05, 3.63) is 59.4 Å². The number of nitrogens with zero attached hydrogens (tertiary/aromatic N) is 3. The smallest absolute Gasteiger partial charge is 0.225 e. The maximum atomic E-state index is 13.8. The van der Waals surface area contributed by atoms with Crippen LogP contribution in [0, 0.1) is 11.7 Å². The van der Waals surface area contributed by atoms with E-state index in [4.69, 9.17) is 14.2 Å². The van der Waals surface area contributed by atoms with Crippen molar-refractivity contribution in [2.24, 2.45) is 5.92 Å². The molecule has 0 aromatic heterocycles. The third kappa shape index (κ3) is 7.29. The highest BCUT2D eigenvalue weighted by Crippen LogP contribution is 2.34. The van der Waals surface area contributed by atoms with Gasteiger partial charge in [-0.3, -0.25) is 14.6 Å². The van der Waals surface area contributed by atoms with Gasteiger partial charge >= 0.3 is 0 Å². The number of ether oxygens (including phenoxy) is 3. The van der Waals surface area contributed by atoms with Crippen LogP contribution in [0.4, 0.5) is 4.39 Å². The van der Waals surface area contributed by atoms with Crippen LogP contribution in [0.3, 0.4) is 0 Å². The molecule has 39 heavy (non-hydrogen) atoms. The van der Waals surface area contributed by atoms with Crippen LogP contribution in [0.15, 0.2) is 42.5 Å². The Labute approximate surface area is 231 Å². The molecule has 8 heteroatoms. The maximum Gasteiger partial charge on any atom is 0.225 e. The first kappa shape index (κ1) is 27.9. The van der Waals surface area contributed by atoms with Crippen LogP contribution in [0.25, 0.3) is 0 Å². The van der Waals surface area contributed by atoms with E-state index in [9.17, 15) is 9.18 Å². The van der Waals surface area contributed by atoms with Gasteiger partial charge in [0.25, 0.3) is 0 Å². The molecule has 0 bridgehead atoms. The van der Waals surface area contributed by atoms with E-state index in [0.717, 1.165) is 87.6 Å². The second kappa shape index (κ2) is 13.6. The molecule has 0 N–H and O–H groups in total. The normalized spacial score (nSPS) is 22.1. The van der Waals surface area contributed by atoms with Gasteiger partial charge in [0.1, 0.15) is 12.4 Å². The van der Waals surface area contributed by atoms with Crippen molar-refractivity contribution in [3.8, 4) is 11.5 Å². The van der Waals surface area contributed by atoms with E-state index in [0.29, 0.717) is 39.0 Å². The summed E-state index contributed by atoms with van der Waals surface area (Å²) in [5, 5.41) is 0. The molecule has 7 nitrogen and oxygen atoms in total. The Balaban J connectivity index is 1.23. The van der Waals surface area contributed by atoms with Gasteiger partial charge in [0.05, 0.1) is 19.8 Å². The van der Waals surface area contributed by atoms with Crippen molar-refractivity contribution in [2.45, 2.75) is 51.7 Å². The molecule has 2 aromatic carbocycles. The molecule has 2 fully saturated rings. The van der Waals surface area contributed by atoms with Gasteiger partial charge in [0.2, 0.25) is 5.91 Å². The fourth-order valence-electron chi connectivity index (χ4n) is 6.12. The summed E-state index contributed by atoms with van der Waals surface area (Å²) in [6.45, 7) is 9.69. The second-order valence-corrected chi connectivity index (χ2v) is 10.9. The summed E-state index contributed by atoms with van der Waals surface area (Å²) in [5.41, 5.74) is 2.23. The SMILES string of the molecule is CCOc1cccc2c1OCCOCCN(C(=O)C1CCN(Cc3ccc(F)cc3)CC1)C[C@@H]1CCCN1C2. The molecule has 3 heterocycles. The molecule has 0 unspecified atom stereocenters. The first-order valence-corrected chi connectivity index (χ1v) is 14.6. The Hall–Kier alpha value is -2.68. The predicted octanol–water partition coefficient (Wildman–Crippen LogP) is 4.34. The van der Waals surface area contributed by atoms with Crippen LogP contribution in [0.5, 0.6) is 11.5 Å². The van der Waals surface area contributed by atoms with Crippen LogP contribution in [-0.2, 0) is 22.6 Å². The van der Waals surface area contributed by atoms with Gasteiger partial charge in [-0.05, 0) is 76.0 Å². The van der Waals surface area contributed by atoms with Crippen molar-refractivity contribution in [1.82, 2.24) is 14.7 Å². The Kier molecular flexibility index (Phi) is 9.71. The van der Waals surface area contributed by atoms with Crippen LogP contribution in [0.2, 0.25) is 0 Å². The highest BCUT2D eigenvalue weighted by molar-refractivity contribution is 5.79. The van der Waals surface area contributed by atoms with Crippen molar-refractivity contribution >= 4 is 5.91 Å². The van der Waals surface area contributed by atoms with Gasteiger partial charge < -0.3 is 19.1 Å². The first-order valence-electron chi connectivity index (χ1n) is 14.6. The molecular weight excluding hydrogens is 497 g/mol. The predicted molar refractivity (Wildman–Crippen MR) is 148 cm³/mol. The highest BCUT2D eigenvalue weighted by Gasteiger charge is 2.33.